The molecule has 0 saturated heterocycles. The molecule has 7 heteroatoms. The quantitative estimate of drug-likeness (QED) is 0.769. The molecule has 94 valence electrons. The Kier molecular flexibility index (Phi) is 3.47. The van der Waals surface area contributed by atoms with E-state index in [1.54, 1.807) is 14.0 Å². The van der Waals surface area contributed by atoms with Gasteiger partial charge in [-0.3, -0.25) is 14.3 Å². The van der Waals surface area contributed by atoms with Gasteiger partial charge in [-0.25, -0.2) is 0 Å². The maximum atomic E-state index is 11.3. The van der Waals surface area contributed by atoms with Crippen LogP contribution in [0.2, 0.25) is 5.02 Å². The van der Waals surface area contributed by atoms with E-state index in [1.807, 2.05) is 0 Å². The average molecular weight is 260 g/mol. The number of hydrogen-bond acceptors (Lipinski definition) is 3. The summed E-state index contributed by atoms with van der Waals surface area (Å²) < 4.78 is 1.46. The first-order chi connectivity index (χ1) is 7.70. The molecule has 0 bridgehead atoms. The van der Waals surface area contributed by atoms with Crippen LogP contribution in [-0.2, 0) is 23.1 Å². The molecular weight excluding hydrogens is 246 g/mol. The lowest BCUT2D eigenvalue weighted by Gasteiger charge is -2.20. The molecule has 0 aromatic carbocycles. The van der Waals surface area contributed by atoms with Crippen LogP contribution in [0.25, 0.3) is 0 Å². The summed E-state index contributed by atoms with van der Waals surface area (Å²) in [5, 5.41) is 13.5. The van der Waals surface area contributed by atoms with E-state index in [0.717, 1.165) is 0 Å². The highest BCUT2D eigenvalue weighted by molar-refractivity contribution is 6.31. The molecule has 0 aliphatic carbocycles. The highest BCUT2D eigenvalue weighted by Gasteiger charge is 2.41. The monoisotopic (exact) mass is 259 g/mol. The number of carboxylic acid groups (broad SMARTS) is 1. The average Bonchev–Trinajstić information content (AvgIpc) is 2.44. The van der Waals surface area contributed by atoms with Crippen LogP contribution >= 0.6 is 11.6 Å². The number of aryl methyl sites for hydroxylation is 2. The van der Waals surface area contributed by atoms with Crippen LogP contribution in [0.4, 0.5) is 0 Å². The van der Waals surface area contributed by atoms with Gasteiger partial charge in [0, 0.05) is 13.5 Å². The Morgan fingerprint density at radius 1 is 1.59 bits per heavy atom. The second-order valence-electron chi connectivity index (χ2n) is 4.15. The van der Waals surface area contributed by atoms with Crippen molar-refractivity contribution in [2.75, 3.05) is 0 Å². The van der Waals surface area contributed by atoms with Crippen LogP contribution in [0.15, 0.2) is 0 Å². The van der Waals surface area contributed by atoms with Crippen LogP contribution in [0.1, 0.15) is 18.3 Å². The summed E-state index contributed by atoms with van der Waals surface area (Å²) in [5.41, 5.74) is 4.51. The van der Waals surface area contributed by atoms with Gasteiger partial charge in [-0.05, 0) is 13.8 Å². The van der Waals surface area contributed by atoms with Crippen molar-refractivity contribution in [2.45, 2.75) is 20.3 Å². The number of aromatic nitrogens is 2. The maximum Gasteiger partial charge on any atom is 0.319 e. The van der Waals surface area contributed by atoms with Gasteiger partial charge >= 0.3 is 5.97 Å². The molecule has 1 heterocycles. The molecule has 1 rings (SSSR count). The fourth-order valence-electron chi connectivity index (χ4n) is 1.48. The molecule has 3 N–H and O–H groups in total. The van der Waals surface area contributed by atoms with Crippen molar-refractivity contribution in [1.29, 1.82) is 0 Å². The van der Waals surface area contributed by atoms with Crippen molar-refractivity contribution in [3.63, 3.8) is 0 Å². The Labute approximate surface area is 103 Å². The fraction of sp³-hybridized carbons (Fsp3) is 0.500. The Morgan fingerprint density at radius 2 is 2.12 bits per heavy atom. The lowest BCUT2D eigenvalue weighted by atomic mass is 9.84. The number of carbonyl (C=O) groups is 2. The number of primary amides is 1. The van der Waals surface area contributed by atoms with Crippen molar-refractivity contribution in [1.82, 2.24) is 9.78 Å². The zero-order valence-electron chi connectivity index (χ0n) is 9.82. The van der Waals surface area contributed by atoms with E-state index in [2.05, 4.69) is 5.10 Å². The minimum Gasteiger partial charge on any atom is -0.480 e. The molecule has 1 unspecified atom stereocenters. The van der Waals surface area contributed by atoms with E-state index < -0.39 is 17.3 Å². The van der Waals surface area contributed by atoms with Crippen molar-refractivity contribution in [2.24, 2.45) is 18.2 Å². The lowest BCUT2D eigenvalue weighted by molar-refractivity contribution is -0.153. The first kappa shape index (κ1) is 13.5. The maximum absolute atomic E-state index is 11.3. The molecule has 0 saturated carbocycles. The van der Waals surface area contributed by atoms with E-state index >= 15 is 0 Å². The van der Waals surface area contributed by atoms with Gasteiger partial charge in [0.25, 0.3) is 0 Å². The van der Waals surface area contributed by atoms with E-state index in [1.165, 1.54) is 11.6 Å². The summed E-state index contributed by atoms with van der Waals surface area (Å²) in [6.07, 6.45) is -0.0894. The van der Waals surface area contributed by atoms with Gasteiger partial charge in [-0.1, -0.05) is 11.6 Å². The largest absolute Gasteiger partial charge is 0.480 e. The van der Waals surface area contributed by atoms with Crippen molar-refractivity contribution < 1.29 is 14.7 Å². The second-order valence-corrected chi connectivity index (χ2v) is 4.53. The van der Waals surface area contributed by atoms with Gasteiger partial charge in [0.2, 0.25) is 5.91 Å². The first-order valence-electron chi connectivity index (χ1n) is 4.91. The number of amides is 1. The summed E-state index contributed by atoms with van der Waals surface area (Å²) in [6, 6.07) is 0. The summed E-state index contributed by atoms with van der Waals surface area (Å²) in [6.45, 7) is 2.98. The summed E-state index contributed by atoms with van der Waals surface area (Å²) >= 11 is 6.00. The number of hydrogen-bond donors (Lipinski definition) is 2. The number of carboxylic acids is 1. The molecular formula is C10H14ClN3O3. The SMILES string of the molecule is Cc1nn(C)c(CC(C)(C(N)=O)C(=O)O)c1Cl. The molecule has 0 aliphatic rings. The predicted octanol–water partition coefficient (Wildman–Crippen LogP) is 0.501. The van der Waals surface area contributed by atoms with Gasteiger partial charge in [-0.15, -0.1) is 0 Å². The molecule has 1 atom stereocenters. The van der Waals surface area contributed by atoms with Gasteiger partial charge in [-0.2, -0.15) is 5.10 Å². The van der Waals surface area contributed by atoms with Gasteiger partial charge < -0.3 is 10.8 Å². The molecule has 6 nitrogen and oxygen atoms in total. The third kappa shape index (κ3) is 2.26. The minimum atomic E-state index is -1.69. The molecule has 1 aromatic heterocycles. The fourth-order valence-corrected chi connectivity index (χ4v) is 1.70. The molecule has 0 fully saturated rings. The molecule has 1 aromatic rings. The Morgan fingerprint density at radius 3 is 2.41 bits per heavy atom. The molecule has 0 aliphatic heterocycles. The zero-order valence-corrected chi connectivity index (χ0v) is 10.6. The third-order valence-electron chi connectivity index (χ3n) is 2.80. The number of aliphatic carboxylic acids is 1. The van der Waals surface area contributed by atoms with E-state index in [0.29, 0.717) is 16.4 Å². The van der Waals surface area contributed by atoms with Gasteiger partial charge in [0.1, 0.15) is 5.41 Å². The van der Waals surface area contributed by atoms with Crippen molar-refractivity contribution in [3.05, 3.63) is 16.4 Å². The Balaban J connectivity index is 3.20. The van der Waals surface area contributed by atoms with Crippen LogP contribution in [0.5, 0.6) is 0 Å². The molecule has 0 radical (unpaired) electrons. The Bertz CT molecular complexity index is 467. The van der Waals surface area contributed by atoms with Crippen molar-refractivity contribution >= 4 is 23.5 Å². The van der Waals surface area contributed by atoms with Crippen molar-refractivity contribution in [3.8, 4) is 0 Å². The number of rotatable bonds is 4. The van der Waals surface area contributed by atoms with Gasteiger partial charge in [0.05, 0.1) is 16.4 Å². The Hall–Kier alpha value is -1.56. The zero-order chi connectivity index (χ0) is 13.4. The van der Waals surface area contributed by atoms with E-state index in [4.69, 9.17) is 22.4 Å². The van der Waals surface area contributed by atoms with Crippen LogP contribution in [-0.4, -0.2) is 26.8 Å². The predicted molar refractivity (Wildman–Crippen MR) is 61.6 cm³/mol. The standard InChI is InChI=1S/C10H14ClN3O3/c1-5-7(11)6(14(3)13-5)4-10(2,8(12)15)9(16)17/h4H2,1-3H3,(H2,12,15)(H,16,17). The minimum absolute atomic E-state index is 0.0894. The smallest absolute Gasteiger partial charge is 0.319 e. The highest BCUT2D eigenvalue weighted by atomic mass is 35.5. The summed E-state index contributed by atoms with van der Waals surface area (Å²) in [5.74, 6) is -2.18. The van der Waals surface area contributed by atoms with E-state index in [9.17, 15) is 9.59 Å². The number of carbonyl (C=O) groups excluding carboxylic acids is 1. The lowest BCUT2D eigenvalue weighted by Crippen LogP contribution is -2.43. The van der Waals surface area contributed by atoms with E-state index in [-0.39, 0.29) is 6.42 Å². The number of nitrogens with zero attached hydrogens (tertiary/aromatic N) is 2. The van der Waals surface area contributed by atoms with Gasteiger partial charge in [0.15, 0.2) is 0 Å². The van der Waals surface area contributed by atoms with Crippen LogP contribution in [0.3, 0.4) is 0 Å². The molecule has 17 heavy (non-hydrogen) atoms. The highest BCUT2D eigenvalue weighted by Crippen LogP contribution is 2.28. The van der Waals surface area contributed by atoms with Crippen LogP contribution in [0, 0.1) is 12.3 Å². The topological polar surface area (TPSA) is 98.2 Å². The molecule has 0 spiro atoms. The third-order valence-corrected chi connectivity index (χ3v) is 3.29. The summed E-state index contributed by atoms with van der Waals surface area (Å²) in [4.78, 5) is 22.4. The summed E-state index contributed by atoms with van der Waals surface area (Å²) in [7, 11) is 1.64. The van der Waals surface area contributed by atoms with Crippen LogP contribution < -0.4 is 5.73 Å². The second kappa shape index (κ2) is 4.37. The normalized spacial score (nSPS) is 14.4. The number of halogens is 1. The first-order valence-corrected chi connectivity index (χ1v) is 5.29. The number of nitrogens with two attached hydrogens (primary N) is 1. The molecule has 1 amide bonds.